The highest BCUT2D eigenvalue weighted by Crippen LogP contribution is 2.27. The molecule has 2 aliphatic rings. The predicted molar refractivity (Wildman–Crippen MR) is 50.1 cm³/mol. The highest BCUT2D eigenvalue weighted by atomic mass is 14.2. The molecular weight excluding hydrogens is 144 g/mol. The van der Waals surface area contributed by atoms with E-state index < -0.39 is 0 Å². The molecule has 2 rings (SSSR count). The zero-order valence-electron chi connectivity index (χ0n) is 7.14. The summed E-state index contributed by atoms with van der Waals surface area (Å²) in [7, 11) is 0. The van der Waals surface area contributed by atoms with Crippen LogP contribution in [-0.4, -0.2) is 0 Å². The first-order valence-corrected chi connectivity index (χ1v) is 4.62. The zero-order chi connectivity index (χ0) is 8.23. The average Bonchev–Trinajstić information content (AvgIpc) is 2.89. The number of hydrogen-bond acceptors (Lipinski definition) is 0. The van der Waals surface area contributed by atoms with Crippen LogP contribution >= 0.6 is 0 Å². The van der Waals surface area contributed by atoms with Crippen molar-refractivity contribution < 1.29 is 0 Å². The Morgan fingerprint density at radius 1 is 0.750 bits per heavy atom. The molecule has 0 N–H and O–H groups in total. The molecule has 0 saturated heterocycles. The van der Waals surface area contributed by atoms with Crippen LogP contribution in [0.15, 0.2) is 12.2 Å². The fourth-order valence-corrected chi connectivity index (χ4v) is 0.871. The third-order valence-corrected chi connectivity index (χ3v) is 1.98. The number of hydrogen-bond donors (Lipinski definition) is 0. The Balaban J connectivity index is 1.71. The van der Waals surface area contributed by atoms with Crippen molar-refractivity contribution in [1.29, 1.82) is 0 Å². The van der Waals surface area contributed by atoms with Crippen LogP contribution in [0.5, 0.6) is 0 Å². The summed E-state index contributed by atoms with van der Waals surface area (Å²) < 4.78 is 0. The van der Waals surface area contributed by atoms with Crippen molar-refractivity contribution in [2.45, 2.75) is 25.7 Å². The lowest BCUT2D eigenvalue weighted by Gasteiger charge is -1.69. The van der Waals surface area contributed by atoms with Gasteiger partial charge in [0.1, 0.15) is 0 Å². The van der Waals surface area contributed by atoms with Gasteiger partial charge in [-0.1, -0.05) is 23.7 Å². The Hall–Kier alpha value is -1.14. The molecule has 0 unspecified atom stereocenters. The summed E-state index contributed by atoms with van der Waals surface area (Å²) in [6.07, 6.45) is 8.94. The summed E-state index contributed by atoms with van der Waals surface area (Å²) in [5, 5.41) is 0. The van der Waals surface area contributed by atoms with Crippen LogP contribution in [0.4, 0.5) is 0 Å². The average molecular weight is 156 g/mol. The molecule has 0 spiro atoms. The lowest BCUT2D eigenvalue weighted by Crippen LogP contribution is -1.61. The van der Waals surface area contributed by atoms with Crippen molar-refractivity contribution in [3.8, 4) is 23.7 Å². The molecule has 0 heteroatoms. The van der Waals surface area contributed by atoms with E-state index in [2.05, 4.69) is 23.7 Å². The third kappa shape index (κ3) is 2.85. The second-order valence-corrected chi connectivity index (χ2v) is 3.46. The van der Waals surface area contributed by atoms with Gasteiger partial charge >= 0.3 is 0 Å². The lowest BCUT2D eigenvalue weighted by atomic mass is 10.4. The SMILES string of the molecule is C(#CC1CC1)/C=C/C#CC1CC1. The molecule has 0 aliphatic heterocycles. The highest BCUT2D eigenvalue weighted by molar-refractivity contribution is 5.27. The Morgan fingerprint density at radius 2 is 1.17 bits per heavy atom. The fraction of sp³-hybridized carbons (Fsp3) is 0.500. The second-order valence-electron chi connectivity index (χ2n) is 3.46. The molecule has 2 aliphatic carbocycles. The van der Waals surface area contributed by atoms with Gasteiger partial charge in [-0.15, -0.1) is 0 Å². The molecule has 0 heterocycles. The molecule has 0 aromatic heterocycles. The number of rotatable bonds is 0. The molecule has 60 valence electrons. The highest BCUT2D eigenvalue weighted by Gasteiger charge is 2.17. The standard InChI is InChI=1S/C12H12/c1(3-5-11-7-8-11)2-4-6-12-9-10-12/h1-2,11-12H,7-10H2/b2-1+. The second kappa shape index (κ2) is 3.51. The minimum absolute atomic E-state index is 0.700. The van der Waals surface area contributed by atoms with E-state index >= 15 is 0 Å². The van der Waals surface area contributed by atoms with Gasteiger partial charge in [-0.2, -0.15) is 0 Å². The van der Waals surface area contributed by atoms with Crippen LogP contribution < -0.4 is 0 Å². The maximum absolute atomic E-state index is 3.16. The summed E-state index contributed by atoms with van der Waals surface area (Å²) in [5.41, 5.74) is 0. The van der Waals surface area contributed by atoms with Crippen molar-refractivity contribution in [1.82, 2.24) is 0 Å². The van der Waals surface area contributed by atoms with Crippen LogP contribution in [0.3, 0.4) is 0 Å². The van der Waals surface area contributed by atoms with Gasteiger partial charge in [0.2, 0.25) is 0 Å². The molecule has 2 fully saturated rings. The van der Waals surface area contributed by atoms with Gasteiger partial charge in [-0.05, 0) is 37.8 Å². The first-order valence-electron chi connectivity index (χ1n) is 4.62. The fourth-order valence-electron chi connectivity index (χ4n) is 0.871. The van der Waals surface area contributed by atoms with Crippen molar-refractivity contribution in [2.24, 2.45) is 11.8 Å². The van der Waals surface area contributed by atoms with Crippen LogP contribution in [0, 0.1) is 35.5 Å². The van der Waals surface area contributed by atoms with Gasteiger partial charge in [-0.3, -0.25) is 0 Å². The Bertz CT molecular complexity index is 260. The third-order valence-electron chi connectivity index (χ3n) is 1.98. The summed E-state index contributed by atoms with van der Waals surface area (Å²) in [4.78, 5) is 0. The quantitative estimate of drug-likeness (QED) is 0.472. The molecule has 0 amide bonds. The molecule has 0 nitrogen and oxygen atoms in total. The molecule has 0 aromatic carbocycles. The van der Waals surface area contributed by atoms with E-state index in [4.69, 9.17) is 0 Å². The number of allylic oxidation sites excluding steroid dienone is 2. The van der Waals surface area contributed by atoms with Crippen LogP contribution in [0.2, 0.25) is 0 Å². The lowest BCUT2D eigenvalue weighted by molar-refractivity contribution is 1.18. The maximum Gasteiger partial charge on any atom is 0.0207 e. The van der Waals surface area contributed by atoms with E-state index in [1.807, 2.05) is 12.2 Å². The molecular formula is C12H12. The van der Waals surface area contributed by atoms with Crippen LogP contribution in [-0.2, 0) is 0 Å². The Labute approximate surface area is 74.1 Å². The minimum atomic E-state index is 0.700. The van der Waals surface area contributed by atoms with Crippen LogP contribution in [0.25, 0.3) is 0 Å². The molecule has 2 saturated carbocycles. The van der Waals surface area contributed by atoms with Crippen molar-refractivity contribution in [3.05, 3.63) is 12.2 Å². The maximum atomic E-state index is 3.16. The first-order chi connectivity index (χ1) is 5.95. The van der Waals surface area contributed by atoms with Gasteiger partial charge < -0.3 is 0 Å². The summed E-state index contributed by atoms with van der Waals surface area (Å²) in [5.74, 6) is 13.7. The van der Waals surface area contributed by atoms with E-state index in [1.165, 1.54) is 25.7 Å². The smallest absolute Gasteiger partial charge is 0.0207 e. The van der Waals surface area contributed by atoms with Gasteiger partial charge in [-0.25, -0.2) is 0 Å². The summed E-state index contributed by atoms with van der Waals surface area (Å²) >= 11 is 0. The van der Waals surface area contributed by atoms with Crippen molar-refractivity contribution in [2.75, 3.05) is 0 Å². The van der Waals surface area contributed by atoms with Gasteiger partial charge in [0, 0.05) is 11.8 Å². The Kier molecular flexibility index (Phi) is 2.19. The van der Waals surface area contributed by atoms with E-state index in [-0.39, 0.29) is 0 Å². The zero-order valence-corrected chi connectivity index (χ0v) is 7.14. The largest absolute Gasteiger partial charge is 0.0951 e. The first kappa shape index (κ1) is 7.51. The molecule has 0 radical (unpaired) electrons. The molecule has 12 heavy (non-hydrogen) atoms. The molecule has 0 atom stereocenters. The Morgan fingerprint density at radius 3 is 1.50 bits per heavy atom. The summed E-state index contributed by atoms with van der Waals surface area (Å²) in [6, 6.07) is 0. The van der Waals surface area contributed by atoms with E-state index in [1.54, 1.807) is 0 Å². The van der Waals surface area contributed by atoms with E-state index in [9.17, 15) is 0 Å². The van der Waals surface area contributed by atoms with Gasteiger partial charge in [0.25, 0.3) is 0 Å². The summed E-state index contributed by atoms with van der Waals surface area (Å²) in [6.45, 7) is 0. The predicted octanol–water partition coefficient (Wildman–Crippen LogP) is 2.37. The van der Waals surface area contributed by atoms with Crippen molar-refractivity contribution >= 4 is 0 Å². The van der Waals surface area contributed by atoms with Gasteiger partial charge in [0.05, 0.1) is 0 Å². The molecule has 0 aromatic rings. The van der Waals surface area contributed by atoms with Crippen molar-refractivity contribution in [3.63, 3.8) is 0 Å². The van der Waals surface area contributed by atoms with Gasteiger partial charge in [0.15, 0.2) is 0 Å². The normalized spacial score (nSPS) is 21.0. The van der Waals surface area contributed by atoms with E-state index in [0.717, 1.165) is 0 Å². The monoisotopic (exact) mass is 156 g/mol. The topological polar surface area (TPSA) is 0 Å². The minimum Gasteiger partial charge on any atom is -0.0951 e. The molecule has 0 bridgehead atoms. The van der Waals surface area contributed by atoms with E-state index in [0.29, 0.717) is 11.8 Å². The van der Waals surface area contributed by atoms with Crippen LogP contribution in [0.1, 0.15) is 25.7 Å².